The van der Waals surface area contributed by atoms with E-state index in [1.54, 1.807) is 23.7 Å². The minimum atomic E-state index is -3.70. The van der Waals surface area contributed by atoms with Crippen molar-refractivity contribution in [3.8, 4) is 11.1 Å². The van der Waals surface area contributed by atoms with Crippen molar-refractivity contribution >= 4 is 10.0 Å². The molecule has 1 aromatic carbocycles. The molecule has 3 aromatic rings. The largest absolute Gasteiger partial charge is 0.339 e. The molecule has 146 valence electrons. The lowest BCUT2D eigenvalue weighted by Gasteiger charge is -2.23. The Bertz CT molecular complexity index is 1110. The molecule has 1 atom stereocenters. The van der Waals surface area contributed by atoms with Crippen LogP contribution in [0.25, 0.3) is 11.1 Å². The minimum absolute atomic E-state index is 0.0494. The van der Waals surface area contributed by atoms with Crippen LogP contribution in [-0.4, -0.2) is 33.8 Å². The van der Waals surface area contributed by atoms with Crippen LogP contribution in [0, 0.1) is 12.7 Å². The Morgan fingerprint density at radius 2 is 1.89 bits per heavy atom. The van der Waals surface area contributed by atoms with Gasteiger partial charge >= 0.3 is 0 Å². The third-order valence-corrected chi connectivity index (χ3v) is 6.74. The first-order valence-electron chi connectivity index (χ1n) is 9.09. The molecule has 4 rings (SSSR count). The van der Waals surface area contributed by atoms with Gasteiger partial charge in [-0.05, 0) is 55.2 Å². The van der Waals surface area contributed by atoms with Crippen LogP contribution >= 0.6 is 0 Å². The first-order chi connectivity index (χ1) is 13.3. The molecule has 1 aliphatic rings. The van der Waals surface area contributed by atoms with E-state index >= 15 is 0 Å². The number of benzene rings is 1. The van der Waals surface area contributed by atoms with E-state index in [1.165, 1.54) is 29.0 Å². The van der Waals surface area contributed by atoms with Crippen molar-refractivity contribution in [2.75, 3.05) is 6.54 Å². The smallest absolute Gasteiger partial charge is 0.262 e. The topological polar surface area (TPSA) is 68.1 Å². The summed E-state index contributed by atoms with van der Waals surface area (Å²) in [4.78, 5) is 8.64. The van der Waals surface area contributed by atoms with Crippen molar-refractivity contribution in [2.45, 2.75) is 30.8 Å². The van der Waals surface area contributed by atoms with Crippen LogP contribution in [0.15, 0.2) is 53.9 Å². The van der Waals surface area contributed by atoms with Gasteiger partial charge in [0.25, 0.3) is 10.0 Å². The first kappa shape index (κ1) is 18.8. The molecule has 0 unspecified atom stereocenters. The van der Waals surface area contributed by atoms with E-state index in [0.29, 0.717) is 18.7 Å². The summed E-state index contributed by atoms with van der Waals surface area (Å²) in [5.41, 5.74) is 3.25. The fourth-order valence-corrected chi connectivity index (χ4v) is 5.28. The van der Waals surface area contributed by atoms with Gasteiger partial charge in [-0.1, -0.05) is 12.1 Å². The number of rotatable bonds is 4. The maximum Gasteiger partial charge on any atom is 0.262 e. The van der Waals surface area contributed by atoms with Crippen molar-refractivity contribution in [1.29, 1.82) is 0 Å². The molecule has 8 heteroatoms. The second-order valence-corrected chi connectivity index (χ2v) is 8.92. The maximum atomic E-state index is 13.3. The summed E-state index contributed by atoms with van der Waals surface area (Å²) in [5.74, 6) is -0.293. The lowest BCUT2D eigenvalue weighted by molar-refractivity contribution is 0.388. The van der Waals surface area contributed by atoms with Crippen LogP contribution in [0.3, 0.4) is 0 Å². The van der Waals surface area contributed by atoms with Gasteiger partial charge in [0.2, 0.25) is 0 Å². The fourth-order valence-electron chi connectivity index (χ4n) is 3.64. The zero-order chi connectivity index (χ0) is 19.9. The van der Waals surface area contributed by atoms with E-state index in [2.05, 4.69) is 9.97 Å². The highest BCUT2D eigenvalue weighted by Crippen LogP contribution is 2.36. The van der Waals surface area contributed by atoms with Gasteiger partial charge in [0.05, 0.1) is 18.1 Å². The van der Waals surface area contributed by atoms with Crippen molar-refractivity contribution in [3.05, 3.63) is 66.1 Å². The average Bonchev–Trinajstić information content (AvgIpc) is 3.31. The van der Waals surface area contributed by atoms with Crippen LogP contribution in [0.5, 0.6) is 0 Å². The lowest BCUT2D eigenvalue weighted by atomic mass is 10.0. The van der Waals surface area contributed by atoms with Crippen molar-refractivity contribution in [1.82, 2.24) is 18.8 Å². The van der Waals surface area contributed by atoms with E-state index in [9.17, 15) is 12.8 Å². The number of halogens is 1. The third-order valence-electron chi connectivity index (χ3n) is 4.95. The van der Waals surface area contributed by atoms with Gasteiger partial charge in [-0.3, -0.25) is 4.98 Å². The summed E-state index contributed by atoms with van der Waals surface area (Å²) in [6.45, 7) is 2.31. The lowest BCUT2D eigenvalue weighted by Crippen LogP contribution is -2.31. The van der Waals surface area contributed by atoms with Crippen molar-refractivity contribution < 1.29 is 12.8 Å². The van der Waals surface area contributed by atoms with Gasteiger partial charge in [0, 0.05) is 25.5 Å². The van der Waals surface area contributed by atoms with E-state index < -0.39 is 10.0 Å². The zero-order valence-electron chi connectivity index (χ0n) is 15.7. The van der Waals surface area contributed by atoms with E-state index in [4.69, 9.17) is 0 Å². The summed E-state index contributed by atoms with van der Waals surface area (Å²) < 4.78 is 42.5. The van der Waals surface area contributed by atoms with Gasteiger partial charge in [0.1, 0.15) is 5.82 Å². The highest BCUT2D eigenvalue weighted by Gasteiger charge is 2.38. The SMILES string of the molecule is Cc1cc(-c2ccc(F)cc2)cc([C@@H]2CCCN2S(=O)(=O)c2cn(C)cn2)n1. The molecule has 0 spiro atoms. The Morgan fingerprint density at radius 1 is 1.14 bits per heavy atom. The molecule has 3 heterocycles. The summed E-state index contributed by atoms with van der Waals surface area (Å²) in [5, 5.41) is 0.0494. The summed E-state index contributed by atoms with van der Waals surface area (Å²) >= 11 is 0. The molecular formula is C20H21FN4O2S. The van der Waals surface area contributed by atoms with Crippen LogP contribution in [0.4, 0.5) is 4.39 Å². The van der Waals surface area contributed by atoms with Crippen molar-refractivity contribution in [2.24, 2.45) is 7.05 Å². The number of hydrogen-bond donors (Lipinski definition) is 0. The standard InChI is InChI=1S/C20H21FN4O2S/c1-14-10-16(15-5-7-17(21)8-6-15)11-18(23-14)19-4-3-9-25(19)28(26,27)20-12-24(2)13-22-20/h5-8,10-13,19H,3-4,9H2,1-2H3/t19-/m0/s1. The molecule has 0 N–H and O–H groups in total. The second-order valence-electron chi connectivity index (χ2n) is 7.08. The third kappa shape index (κ3) is 3.45. The molecule has 0 radical (unpaired) electrons. The quantitative estimate of drug-likeness (QED) is 0.673. The van der Waals surface area contributed by atoms with E-state index in [1.807, 2.05) is 19.1 Å². The Morgan fingerprint density at radius 3 is 2.57 bits per heavy atom. The van der Waals surface area contributed by atoms with Gasteiger partial charge in [0.15, 0.2) is 5.03 Å². The number of hydrogen-bond acceptors (Lipinski definition) is 4. The van der Waals surface area contributed by atoms with E-state index in [-0.39, 0.29) is 16.9 Å². The average molecular weight is 400 g/mol. The predicted molar refractivity (Wildman–Crippen MR) is 103 cm³/mol. The Labute approximate surface area is 163 Å². The molecule has 2 aromatic heterocycles. The number of aryl methyl sites for hydroxylation is 2. The molecule has 0 bridgehead atoms. The Balaban J connectivity index is 1.72. The zero-order valence-corrected chi connectivity index (χ0v) is 16.5. The van der Waals surface area contributed by atoms with Crippen molar-refractivity contribution in [3.63, 3.8) is 0 Å². The Hall–Kier alpha value is -2.58. The number of pyridine rings is 1. The van der Waals surface area contributed by atoms with Gasteiger partial charge in [-0.25, -0.2) is 17.8 Å². The fraction of sp³-hybridized carbons (Fsp3) is 0.300. The predicted octanol–water partition coefficient (Wildman–Crippen LogP) is 3.46. The van der Waals surface area contributed by atoms with Gasteiger partial charge in [-0.15, -0.1) is 0 Å². The molecule has 0 amide bonds. The maximum absolute atomic E-state index is 13.3. The molecule has 28 heavy (non-hydrogen) atoms. The highest BCUT2D eigenvalue weighted by atomic mass is 32.2. The van der Waals surface area contributed by atoms with Crippen LogP contribution in [0.1, 0.15) is 30.3 Å². The Kier molecular flexibility index (Phi) is 4.76. The van der Waals surface area contributed by atoms with Crippen LogP contribution in [0.2, 0.25) is 0 Å². The molecule has 1 fully saturated rings. The highest BCUT2D eigenvalue weighted by molar-refractivity contribution is 7.89. The number of sulfonamides is 1. The molecule has 0 aliphatic carbocycles. The molecule has 1 aliphatic heterocycles. The minimum Gasteiger partial charge on any atom is -0.339 e. The summed E-state index contributed by atoms with van der Waals surface area (Å²) in [6, 6.07) is 9.73. The number of aromatic nitrogens is 3. The summed E-state index contributed by atoms with van der Waals surface area (Å²) in [6.07, 6.45) is 4.46. The normalized spacial score (nSPS) is 17.9. The monoisotopic (exact) mass is 400 g/mol. The molecule has 6 nitrogen and oxygen atoms in total. The van der Waals surface area contributed by atoms with E-state index in [0.717, 1.165) is 23.2 Å². The second kappa shape index (κ2) is 7.10. The molecule has 1 saturated heterocycles. The van der Waals surface area contributed by atoms with Crippen LogP contribution < -0.4 is 0 Å². The number of nitrogens with zero attached hydrogens (tertiary/aromatic N) is 4. The number of imidazole rings is 1. The molecule has 0 saturated carbocycles. The van der Waals surface area contributed by atoms with Gasteiger partial charge in [-0.2, -0.15) is 4.31 Å². The first-order valence-corrected chi connectivity index (χ1v) is 10.5. The molecular weight excluding hydrogens is 379 g/mol. The van der Waals surface area contributed by atoms with Gasteiger partial charge < -0.3 is 4.57 Å². The summed E-state index contributed by atoms with van der Waals surface area (Å²) in [7, 11) is -1.96. The van der Waals surface area contributed by atoms with Crippen LogP contribution in [-0.2, 0) is 17.1 Å².